The Morgan fingerprint density at radius 3 is 2.76 bits per heavy atom. The average molecular weight is 336 g/mol. The van der Waals surface area contributed by atoms with Crippen LogP contribution in [0.1, 0.15) is 28.7 Å². The van der Waals surface area contributed by atoms with Gasteiger partial charge in [-0.25, -0.2) is 0 Å². The van der Waals surface area contributed by atoms with Gasteiger partial charge in [0.15, 0.2) is 0 Å². The number of amides is 2. The first-order valence-corrected chi connectivity index (χ1v) is 8.74. The molecule has 2 aromatic carbocycles. The molecule has 25 heavy (non-hydrogen) atoms. The predicted octanol–water partition coefficient (Wildman–Crippen LogP) is 2.81. The van der Waals surface area contributed by atoms with E-state index < -0.39 is 0 Å². The van der Waals surface area contributed by atoms with E-state index in [1.165, 1.54) is 11.1 Å². The summed E-state index contributed by atoms with van der Waals surface area (Å²) in [6.45, 7) is 2.65. The van der Waals surface area contributed by atoms with Crippen LogP contribution in [-0.2, 0) is 28.9 Å². The van der Waals surface area contributed by atoms with Gasteiger partial charge in [0, 0.05) is 25.7 Å². The average Bonchev–Trinajstić information content (AvgIpc) is 2.60. The van der Waals surface area contributed by atoms with Crippen molar-refractivity contribution in [3.05, 3.63) is 64.7 Å². The second-order valence-corrected chi connectivity index (χ2v) is 6.62. The lowest BCUT2D eigenvalue weighted by atomic mass is 9.98. The fourth-order valence-electron chi connectivity index (χ4n) is 3.26. The molecule has 1 heterocycles. The summed E-state index contributed by atoms with van der Waals surface area (Å²) < 4.78 is 0. The summed E-state index contributed by atoms with van der Waals surface area (Å²) in [6.07, 6.45) is 2.58. The van der Waals surface area contributed by atoms with Gasteiger partial charge >= 0.3 is 0 Å². The molecule has 130 valence electrons. The van der Waals surface area contributed by atoms with Gasteiger partial charge < -0.3 is 10.2 Å². The molecule has 0 radical (unpaired) electrons. The van der Waals surface area contributed by atoms with Crippen molar-refractivity contribution in [2.24, 2.45) is 0 Å². The second kappa shape index (κ2) is 7.51. The molecule has 1 N–H and O–H groups in total. The molecule has 1 aliphatic heterocycles. The lowest BCUT2D eigenvalue weighted by Gasteiger charge is -2.26. The summed E-state index contributed by atoms with van der Waals surface area (Å²) >= 11 is 0. The maximum Gasteiger partial charge on any atom is 0.227 e. The van der Waals surface area contributed by atoms with E-state index in [9.17, 15) is 9.59 Å². The molecular weight excluding hydrogens is 312 g/mol. The molecule has 0 fully saturated rings. The first kappa shape index (κ1) is 17.2. The molecule has 4 nitrogen and oxygen atoms in total. The van der Waals surface area contributed by atoms with E-state index in [1.54, 1.807) is 4.90 Å². The highest BCUT2D eigenvalue weighted by Crippen LogP contribution is 2.27. The standard InChI is InChI=1S/C21H24N2O2/c1-15-5-3-4-6-17(15)14-20(24)22-12-11-16-7-9-19-18(13-16)8-10-21(25)23(19)2/h3-7,9,13H,8,10-12,14H2,1-2H3,(H,22,24). The molecule has 0 spiro atoms. The number of anilines is 1. The monoisotopic (exact) mass is 336 g/mol. The van der Waals surface area contributed by atoms with Crippen LogP contribution in [-0.4, -0.2) is 25.4 Å². The summed E-state index contributed by atoms with van der Waals surface area (Å²) in [5, 5.41) is 3.00. The quantitative estimate of drug-likeness (QED) is 0.913. The molecule has 0 aromatic heterocycles. The van der Waals surface area contributed by atoms with Crippen molar-refractivity contribution in [1.29, 1.82) is 0 Å². The first-order valence-electron chi connectivity index (χ1n) is 8.74. The molecule has 0 atom stereocenters. The number of rotatable bonds is 5. The number of aryl methyl sites for hydroxylation is 2. The van der Waals surface area contributed by atoms with Crippen LogP contribution in [0, 0.1) is 6.92 Å². The molecule has 0 bridgehead atoms. The Kier molecular flexibility index (Phi) is 5.17. The molecule has 0 saturated carbocycles. The van der Waals surface area contributed by atoms with Crippen molar-refractivity contribution >= 4 is 17.5 Å². The Balaban J connectivity index is 1.53. The van der Waals surface area contributed by atoms with Gasteiger partial charge in [-0.1, -0.05) is 36.4 Å². The van der Waals surface area contributed by atoms with E-state index in [1.807, 2.05) is 50.4 Å². The summed E-state index contributed by atoms with van der Waals surface area (Å²) in [5.41, 5.74) is 5.62. The number of nitrogens with zero attached hydrogens (tertiary/aromatic N) is 1. The van der Waals surface area contributed by atoms with Crippen molar-refractivity contribution in [2.75, 3.05) is 18.5 Å². The van der Waals surface area contributed by atoms with Gasteiger partial charge in [0.05, 0.1) is 6.42 Å². The van der Waals surface area contributed by atoms with Crippen LogP contribution in [0.5, 0.6) is 0 Å². The number of fused-ring (bicyclic) bond motifs is 1. The summed E-state index contributed by atoms with van der Waals surface area (Å²) in [7, 11) is 1.83. The van der Waals surface area contributed by atoms with Gasteiger partial charge in [-0.05, 0) is 48.1 Å². The number of carbonyl (C=O) groups is 2. The number of carbonyl (C=O) groups excluding carboxylic acids is 2. The number of hydrogen-bond donors (Lipinski definition) is 1. The zero-order chi connectivity index (χ0) is 17.8. The Bertz CT molecular complexity index is 798. The molecule has 0 aliphatic carbocycles. The molecule has 1 aliphatic rings. The first-order chi connectivity index (χ1) is 12.0. The highest BCUT2D eigenvalue weighted by molar-refractivity contribution is 5.95. The Hall–Kier alpha value is -2.62. The van der Waals surface area contributed by atoms with Gasteiger partial charge in [0.2, 0.25) is 11.8 Å². The Morgan fingerprint density at radius 1 is 1.16 bits per heavy atom. The molecular formula is C21H24N2O2. The van der Waals surface area contributed by atoms with Crippen LogP contribution in [0.3, 0.4) is 0 Å². The van der Waals surface area contributed by atoms with E-state index in [0.29, 0.717) is 19.4 Å². The minimum absolute atomic E-state index is 0.0533. The minimum Gasteiger partial charge on any atom is -0.355 e. The van der Waals surface area contributed by atoms with Crippen molar-refractivity contribution in [3.8, 4) is 0 Å². The predicted molar refractivity (Wildman–Crippen MR) is 99.8 cm³/mol. The van der Waals surface area contributed by atoms with E-state index in [-0.39, 0.29) is 11.8 Å². The van der Waals surface area contributed by atoms with Gasteiger partial charge in [-0.15, -0.1) is 0 Å². The zero-order valence-electron chi connectivity index (χ0n) is 14.8. The van der Waals surface area contributed by atoms with Gasteiger partial charge in [0.1, 0.15) is 0 Å². The summed E-state index contributed by atoms with van der Waals surface area (Å²) in [6, 6.07) is 14.2. The highest BCUT2D eigenvalue weighted by Gasteiger charge is 2.20. The van der Waals surface area contributed by atoms with E-state index in [4.69, 9.17) is 0 Å². The van der Waals surface area contributed by atoms with Crippen LogP contribution in [0.2, 0.25) is 0 Å². The number of nitrogens with one attached hydrogen (secondary N) is 1. The van der Waals surface area contributed by atoms with Gasteiger partial charge in [0.25, 0.3) is 0 Å². The topological polar surface area (TPSA) is 49.4 Å². The molecule has 2 amide bonds. The molecule has 4 heteroatoms. The highest BCUT2D eigenvalue weighted by atomic mass is 16.2. The van der Waals surface area contributed by atoms with E-state index in [2.05, 4.69) is 11.4 Å². The zero-order valence-corrected chi connectivity index (χ0v) is 14.8. The smallest absolute Gasteiger partial charge is 0.227 e. The third kappa shape index (κ3) is 4.08. The molecule has 2 aromatic rings. The third-order valence-electron chi connectivity index (χ3n) is 4.84. The minimum atomic E-state index is 0.0533. The lowest BCUT2D eigenvalue weighted by Crippen LogP contribution is -2.31. The third-order valence-corrected chi connectivity index (χ3v) is 4.84. The Morgan fingerprint density at radius 2 is 1.96 bits per heavy atom. The van der Waals surface area contributed by atoms with Crippen LogP contribution in [0.15, 0.2) is 42.5 Å². The van der Waals surface area contributed by atoms with E-state index in [0.717, 1.165) is 29.7 Å². The lowest BCUT2D eigenvalue weighted by molar-refractivity contribution is -0.120. The van der Waals surface area contributed by atoms with Crippen LogP contribution in [0.25, 0.3) is 0 Å². The van der Waals surface area contributed by atoms with Crippen LogP contribution < -0.4 is 10.2 Å². The van der Waals surface area contributed by atoms with Crippen LogP contribution >= 0.6 is 0 Å². The van der Waals surface area contributed by atoms with E-state index >= 15 is 0 Å². The van der Waals surface area contributed by atoms with Crippen molar-refractivity contribution in [1.82, 2.24) is 5.32 Å². The van der Waals surface area contributed by atoms with Crippen molar-refractivity contribution in [2.45, 2.75) is 32.6 Å². The van der Waals surface area contributed by atoms with Gasteiger partial charge in [-0.2, -0.15) is 0 Å². The van der Waals surface area contributed by atoms with Crippen LogP contribution in [0.4, 0.5) is 5.69 Å². The number of benzene rings is 2. The normalized spacial score (nSPS) is 13.5. The fourth-order valence-corrected chi connectivity index (χ4v) is 3.26. The van der Waals surface area contributed by atoms with Crippen molar-refractivity contribution in [3.63, 3.8) is 0 Å². The summed E-state index contributed by atoms with van der Waals surface area (Å²) in [5.74, 6) is 0.223. The Labute approximate surface area is 148 Å². The second-order valence-electron chi connectivity index (χ2n) is 6.62. The maximum absolute atomic E-state index is 12.1. The molecule has 3 rings (SSSR count). The number of hydrogen-bond acceptors (Lipinski definition) is 2. The molecule has 0 unspecified atom stereocenters. The SMILES string of the molecule is Cc1ccccc1CC(=O)NCCc1ccc2c(c1)CCC(=O)N2C. The molecule has 0 saturated heterocycles. The largest absolute Gasteiger partial charge is 0.355 e. The van der Waals surface area contributed by atoms with Crippen molar-refractivity contribution < 1.29 is 9.59 Å². The summed E-state index contributed by atoms with van der Waals surface area (Å²) in [4.78, 5) is 25.6. The fraction of sp³-hybridized carbons (Fsp3) is 0.333. The maximum atomic E-state index is 12.1. The van der Waals surface area contributed by atoms with Gasteiger partial charge in [-0.3, -0.25) is 9.59 Å².